The number of aliphatic hydroxyl groups is 1. The number of hydrogen-bond donors (Lipinski definition) is 1. The zero-order valence-corrected chi connectivity index (χ0v) is 17.2. The molecule has 30 heavy (non-hydrogen) atoms. The van der Waals surface area contributed by atoms with Crippen molar-refractivity contribution in [1.29, 1.82) is 0 Å². The van der Waals surface area contributed by atoms with Crippen molar-refractivity contribution in [2.24, 2.45) is 0 Å². The van der Waals surface area contributed by atoms with Gasteiger partial charge in [0.15, 0.2) is 0 Å². The van der Waals surface area contributed by atoms with Crippen LogP contribution in [0.2, 0.25) is 0 Å². The molecule has 1 aromatic heterocycles. The molecule has 2 aliphatic rings. The molecule has 3 aromatic rings. The number of amides is 1. The summed E-state index contributed by atoms with van der Waals surface area (Å²) in [6, 6.07) is 16.0. The first-order valence-corrected chi connectivity index (χ1v) is 10.9. The van der Waals surface area contributed by atoms with Gasteiger partial charge in [-0.25, -0.2) is 4.98 Å². The van der Waals surface area contributed by atoms with E-state index in [1.807, 2.05) is 36.4 Å². The van der Waals surface area contributed by atoms with Crippen LogP contribution < -0.4 is 9.47 Å². The number of nitrogens with zero attached hydrogens (tertiary/aromatic N) is 2. The van der Waals surface area contributed by atoms with Crippen molar-refractivity contribution in [3.63, 3.8) is 0 Å². The number of fused-ring (bicyclic) bond motifs is 1. The van der Waals surface area contributed by atoms with Gasteiger partial charge in [-0.3, -0.25) is 4.79 Å². The second-order valence-electron chi connectivity index (χ2n) is 7.61. The van der Waals surface area contributed by atoms with E-state index in [0.29, 0.717) is 35.3 Å². The molecule has 1 N–H and O–H groups in total. The third kappa shape index (κ3) is 3.91. The van der Waals surface area contributed by atoms with Gasteiger partial charge in [-0.05, 0) is 48.6 Å². The summed E-state index contributed by atoms with van der Waals surface area (Å²) in [4.78, 5) is 18.9. The summed E-state index contributed by atoms with van der Waals surface area (Å²) < 4.78 is 12.1. The van der Waals surface area contributed by atoms with Gasteiger partial charge in [0.2, 0.25) is 0 Å². The zero-order valence-electron chi connectivity index (χ0n) is 16.4. The van der Waals surface area contributed by atoms with Gasteiger partial charge < -0.3 is 19.5 Å². The van der Waals surface area contributed by atoms with Gasteiger partial charge in [-0.15, -0.1) is 0 Å². The largest absolute Gasteiger partial charge is 0.485 e. The van der Waals surface area contributed by atoms with Crippen molar-refractivity contribution in [1.82, 2.24) is 9.88 Å². The Hall–Kier alpha value is -2.90. The molecule has 0 bridgehead atoms. The number of β-amino-alcohol motifs (C(OH)–C–C–N with tert-alkyl or cyclic N) is 1. The fourth-order valence-electron chi connectivity index (χ4n) is 3.92. The Morgan fingerprint density at radius 1 is 1.20 bits per heavy atom. The predicted molar refractivity (Wildman–Crippen MR) is 113 cm³/mol. The van der Waals surface area contributed by atoms with Crippen molar-refractivity contribution in [2.45, 2.75) is 31.5 Å². The number of rotatable bonds is 4. The Kier molecular flexibility index (Phi) is 5.14. The van der Waals surface area contributed by atoms with Crippen LogP contribution in [0.25, 0.3) is 0 Å². The molecular formula is C23H22N2O4S. The lowest BCUT2D eigenvalue weighted by Crippen LogP contribution is -2.28. The van der Waals surface area contributed by atoms with E-state index in [1.165, 1.54) is 16.9 Å². The summed E-state index contributed by atoms with van der Waals surface area (Å²) in [5.74, 6) is 1.45. The maximum absolute atomic E-state index is 12.5. The second-order valence-corrected chi connectivity index (χ2v) is 8.60. The smallest absolute Gasteiger partial charge is 0.279 e. The van der Waals surface area contributed by atoms with E-state index in [0.717, 1.165) is 24.2 Å². The maximum Gasteiger partial charge on any atom is 0.279 e. The van der Waals surface area contributed by atoms with Crippen LogP contribution in [0.4, 0.5) is 0 Å². The first-order valence-electron chi connectivity index (χ1n) is 10.1. The molecule has 1 amide bonds. The first kappa shape index (κ1) is 19.1. The predicted octanol–water partition coefficient (Wildman–Crippen LogP) is 4.21. The molecule has 1 fully saturated rings. The number of aliphatic hydroxyl groups excluding tert-OH is 1. The van der Waals surface area contributed by atoms with Crippen LogP contribution in [0.1, 0.15) is 39.7 Å². The molecule has 2 aromatic carbocycles. The van der Waals surface area contributed by atoms with Crippen molar-refractivity contribution >= 4 is 17.2 Å². The van der Waals surface area contributed by atoms with E-state index >= 15 is 0 Å². The van der Waals surface area contributed by atoms with E-state index < -0.39 is 6.10 Å². The third-order valence-electron chi connectivity index (χ3n) is 5.50. The van der Waals surface area contributed by atoms with Crippen LogP contribution in [0.5, 0.6) is 16.7 Å². The van der Waals surface area contributed by atoms with E-state index in [-0.39, 0.29) is 12.0 Å². The summed E-state index contributed by atoms with van der Waals surface area (Å²) in [5, 5.41) is 10.1. The highest BCUT2D eigenvalue weighted by atomic mass is 32.1. The molecule has 0 saturated carbocycles. The molecule has 6 nitrogen and oxygen atoms in total. The molecule has 7 heteroatoms. The van der Waals surface area contributed by atoms with Crippen LogP contribution in [-0.4, -0.2) is 40.1 Å². The van der Waals surface area contributed by atoms with Gasteiger partial charge in [-0.2, -0.15) is 0 Å². The first-order chi connectivity index (χ1) is 14.7. The summed E-state index contributed by atoms with van der Waals surface area (Å²) in [5.41, 5.74) is 2.30. The Balaban J connectivity index is 1.26. The van der Waals surface area contributed by atoms with Crippen molar-refractivity contribution in [3.8, 4) is 16.7 Å². The van der Waals surface area contributed by atoms with Crippen molar-refractivity contribution < 1.29 is 19.4 Å². The van der Waals surface area contributed by atoms with Gasteiger partial charge in [0.1, 0.15) is 22.5 Å². The highest BCUT2D eigenvalue weighted by Crippen LogP contribution is 2.38. The summed E-state index contributed by atoms with van der Waals surface area (Å²) in [6.07, 6.45) is 3.62. The van der Waals surface area contributed by atoms with Crippen molar-refractivity contribution in [2.75, 3.05) is 13.1 Å². The number of aromatic nitrogens is 1. The van der Waals surface area contributed by atoms with Gasteiger partial charge in [0.25, 0.3) is 11.1 Å². The third-order valence-corrected chi connectivity index (χ3v) is 6.36. The molecule has 0 spiro atoms. The van der Waals surface area contributed by atoms with E-state index in [2.05, 4.69) is 17.1 Å². The van der Waals surface area contributed by atoms with Gasteiger partial charge in [-0.1, -0.05) is 41.7 Å². The SMILES string of the molecule is O=C(c1cnc(Oc2ccc3c(c2)CCC(c2ccccc2)O3)s1)N1CCC(O)C1. The number of benzene rings is 2. The molecule has 2 atom stereocenters. The van der Waals surface area contributed by atoms with Crippen molar-refractivity contribution in [3.05, 3.63) is 70.7 Å². The summed E-state index contributed by atoms with van der Waals surface area (Å²) in [7, 11) is 0. The Bertz CT molecular complexity index is 1050. The number of hydrogen-bond acceptors (Lipinski definition) is 6. The molecule has 1 saturated heterocycles. The van der Waals surface area contributed by atoms with Gasteiger partial charge >= 0.3 is 0 Å². The molecule has 154 valence electrons. The standard InChI is InChI=1S/C23H22N2O4S/c26-17-10-11-25(14-17)22(27)21-13-24-23(30-21)28-18-7-9-20-16(12-18)6-8-19(29-20)15-4-2-1-3-5-15/h1-5,7,9,12-13,17,19,26H,6,8,10-11,14H2. The molecule has 0 radical (unpaired) electrons. The highest BCUT2D eigenvalue weighted by molar-refractivity contribution is 7.15. The highest BCUT2D eigenvalue weighted by Gasteiger charge is 2.27. The van der Waals surface area contributed by atoms with Crippen LogP contribution >= 0.6 is 11.3 Å². The lowest BCUT2D eigenvalue weighted by Gasteiger charge is -2.26. The number of aryl methyl sites for hydroxylation is 1. The molecular weight excluding hydrogens is 400 g/mol. The number of carbonyl (C=O) groups excluding carboxylic acids is 1. The Labute approximate surface area is 178 Å². The second kappa shape index (κ2) is 8.08. The molecule has 0 aliphatic carbocycles. The van der Waals surface area contributed by atoms with Crippen LogP contribution in [0.3, 0.4) is 0 Å². The normalized spacial score (nSPS) is 20.5. The minimum Gasteiger partial charge on any atom is -0.485 e. The van der Waals surface area contributed by atoms with E-state index in [4.69, 9.17) is 9.47 Å². The minimum atomic E-state index is -0.434. The topological polar surface area (TPSA) is 71.9 Å². The van der Waals surface area contributed by atoms with Crippen LogP contribution in [-0.2, 0) is 6.42 Å². The zero-order chi connectivity index (χ0) is 20.5. The fraction of sp³-hybridized carbons (Fsp3) is 0.304. The monoisotopic (exact) mass is 422 g/mol. The number of thiazole rings is 1. The average Bonchev–Trinajstić information content (AvgIpc) is 3.43. The average molecular weight is 423 g/mol. The van der Waals surface area contributed by atoms with Gasteiger partial charge in [0.05, 0.1) is 12.3 Å². The minimum absolute atomic E-state index is 0.0714. The molecule has 2 unspecified atom stereocenters. The van der Waals surface area contributed by atoms with E-state index in [9.17, 15) is 9.90 Å². The molecule has 2 aliphatic heterocycles. The number of carbonyl (C=O) groups is 1. The van der Waals surface area contributed by atoms with E-state index in [1.54, 1.807) is 11.1 Å². The van der Waals surface area contributed by atoms with Crippen LogP contribution in [0.15, 0.2) is 54.7 Å². The van der Waals surface area contributed by atoms with Gasteiger partial charge in [0, 0.05) is 13.1 Å². The summed E-state index contributed by atoms with van der Waals surface area (Å²) >= 11 is 1.22. The number of ether oxygens (including phenoxy) is 2. The molecule has 5 rings (SSSR count). The lowest BCUT2D eigenvalue weighted by atomic mass is 9.97. The quantitative estimate of drug-likeness (QED) is 0.682. The Morgan fingerprint density at radius 2 is 2.07 bits per heavy atom. The van der Waals surface area contributed by atoms with Crippen LogP contribution in [0, 0.1) is 0 Å². The maximum atomic E-state index is 12.5. The number of likely N-dealkylation sites (tertiary alicyclic amines) is 1. The molecule has 3 heterocycles. The summed E-state index contributed by atoms with van der Waals surface area (Å²) in [6.45, 7) is 0.949. The Morgan fingerprint density at radius 3 is 2.87 bits per heavy atom. The fourth-order valence-corrected chi connectivity index (χ4v) is 4.67. The lowest BCUT2D eigenvalue weighted by molar-refractivity contribution is 0.0769.